The molecular formula is C13H9ClN2O3S2. The number of hydrogen-bond donors (Lipinski definition) is 2. The Bertz CT molecular complexity index is 881. The monoisotopic (exact) mass is 340 g/mol. The molecular weight excluding hydrogens is 332 g/mol. The third kappa shape index (κ3) is 2.85. The SMILES string of the molecule is O=C(O)CCc1nc2scc(-c3csc(Cl)c3)c2c(=O)[nH]1. The molecule has 3 aromatic heterocycles. The number of halogens is 1. The quantitative estimate of drug-likeness (QED) is 0.762. The lowest BCUT2D eigenvalue weighted by molar-refractivity contribution is -0.137. The molecule has 8 heteroatoms. The molecule has 0 bridgehead atoms. The molecule has 0 radical (unpaired) electrons. The molecule has 2 N–H and O–H groups in total. The third-order valence-electron chi connectivity index (χ3n) is 2.95. The summed E-state index contributed by atoms with van der Waals surface area (Å²) in [6.45, 7) is 0. The average molecular weight is 341 g/mol. The Hall–Kier alpha value is -1.70. The summed E-state index contributed by atoms with van der Waals surface area (Å²) in [5.41, 5.74) is 1.44. The smallest absolute Gasteiger partial charge is 0.303 e. The summed E-state index contributed by atoms with van der Waals surface area (Å²) in [6.07, 6.45) is 0.144. The Morgan fingerprint density at radius 3 is 2.86 bits per heavy atom. The number of carboxylic acids is 1. The number of fused-ring (bicyclic) bond motifs is 1. The van der Waals surface area contributed by atoms with Crippen molar-refractivity contribution in [1.29, 1.82) is 0 Å². The number of hydrogen-bond acceptors (Lipinski definition) is 5. The second kappa shape index (κ2) is 5.59. The van der Waals surface area contributed by atoms with Crippen molar-refractivity contribution in [3.05, 3.63) is 37.3 Å². The lowest BCUT2D eigenvalue weighted by Gasteiger charge is -1.99. The first kappa shape index (κ1) is 14.2. The highest BCUT2D eigenvalue weighted by atomic mass is 35.5. The first-order chi connectivity index (χ1) is 10.0. The molecule has 3 aromatic rings. The van der Waals surface area contributed by atoms with Crippen LogP contribution >= 0.6 is 34.3 Å². The highest BCUT2D eigenvalue weighted by Gasteiger charge is 2.14. The van der Waals surface area contributed by atoms with Crippen molar-refractivity contribution in [2.45, 2.75) is 12.8 Å². The lowest BCUT2D eigenvalue weighted by atomic mass is 10.1. The van der Waals surface area contributed by atoms with E-state index in [2.05, 4.69) is 9.97 Å². The molecule has 0 saturated carbocycles. The number of aliphatic carboxylic acids is 1. The zero-order valence-electron chi connectivity index (χ0n) is 10.6. The number of H-pyrrole nitrogens is 1. The van der Waals surface area contributed by atoms with Crippen LogP contribution in [0.2, 0.25) is 4.34 Å². The van der Waals surface area contributed by atoms with E-state index in [0.717, 1.165) is 11.1 Å². The number of rotatable bonds is 4. The number of carboxylic acid groups (broad SMARTS) is 1. The van der Waals surface area contributed by atoms with Crippen molar-refractivity contribution in [1.82, 2.24) is 9.97 Å². The molecule has 21 heavy (non-hydrogen) atoms. The van der Waals surface area contributed by atoms with Gasteiger partial charge < -0.3 is 10.1 Å². The van der Waals surface area contributed by atoms with Gasteiger partial charge in [-0.05, 0) is 11.6 Å². The topological polar surface area (TPSA) is 83.0 Å². The number of nitrogens with one attached hydrogen (secondary N) is 1. The fraction of sp³-hybridized carbons (Fsp3) is 0.154. The summed E-state index contributed by atoms with van der Waals surface area (Å²) in [4.78, 5) is 30.4. The second-order valence-corrected chi connectivity index (χ2v) is 6.78. The van der Waals surface area contributed by atoms with Crippen LogP contribution in [0.5, 0.6) is 0 Å². The number of thiophene rings is 2. The molecule has 108 valence electrons. The van der Waals surface area contributed by atoms with Gasteiger partial charge in [0.15, 0.2) is 0 Å². The van der Waals surface area contributed by atoms with Crippen LogP contribution in [-0.2, 0) is 11.2 Å². The number of carbonyl (C=O) groups is 1. The van der Waals surface area contributed by atoms with Crippen LogP contribution < -0.4 is 5.56 Å². The fourth-order valence-electron chi connectivity index (χ4n) is 2.00. The van der Waals surface area contributed by atoms with Crippen molar-refractivity contribution >= 4 is 50.5 Å². The summed E-state index contributed by atoms with van der Waals surface area (Å²) in [7, 11) is 0. The van der Waals surface area contributed by atoms with Gasteiger partial charge in [-0.15, -0.1) is 22.7 Å². The van der Waals surface area contributed by atoms with Gasteiger partial charge in [0.2, 0.25) is 0 Å². The van der Waals surface area contributed by atoms with Gasteiger partial charge in [0.05, 0.1) is 16.1 Å². The minimum Gasteiger partial charge on any atom is -0.481 e. The van der Waals surface area contributed by atoms with Crippen LogP contribution in [0.3, 0.4) is 0 Å². The lowest BCUT2D eigenvalue weighted by Crippen LogP contribution is -2.12. The highest BCUT2D eigenvalue weighted by Crippen LogP contribution is 2.34. The first-order valence-electron chi connectivity index (χ1n) is 6.01. The molecule has 0 amide bonds. The maximum absolute atomic E-state index is 12.2. The van der Waals surface area contributed by atoms with Gasteiger partial charge in [-0.1, -0.05) is 11.6 Å². The normalized spacial score (nSPS) is 11.1. The van der Waals surface area contributed by atoms with E-state index in [9.17, 15) is 9.59 Å². The Balaban J connectivity index is 2.07. The summed E-state index contributed by atoms with van der Waals surface area (Å²) in [6, 6.07) is 1.81. The minimum atomic E-state index is -0.919. The van der Waals surface area contributed by atoms with Crippen LogP contribution in [0.4, 0.5) is 0 Å². The number of nitrogens with zero attached hydrogens (tertiary/aromatic N) is 1. The van der Waals surface area contributed by atoms with E-state index in [1.54, 1.807) is 0 Å². The summed E-state index contributed by atoms with van der Waals surface area (Å²) >= 11 is 8.70. The summed E-state index contributed by atoms with van der Waals surface area (Å²) in [5.74, 6) is -0.524. The largest absolute Gasteiger partial charge is 0.481 e. The van der Waals surface area contributed by atoms with Gasteiger partial charge in [0, 0.05) is 22.7 Å². The zero-order chi connectivity index (χ0) is 15.0. The molecule has 5 nitrogen and oxygen atoms in total. The Labute approximate surface area is 131 Å². The van der Waals surface area contributed by atoms with Crippen LogP contribution in [0.1, 0.15) is 12.2 Å². The Morgan fingerprint density at radius 1 is 1.38 bits per heavy atom. The molecule has 0 atom stereocenters. The number of aromatic nitrogens is 2. The van der Waals surface area contributed by atoms with Crippen molar-refractivity contribution in [2.75, 3.05) is 0 Å². The third-order valence-corrected chi connectivity index (χ3v) is 4.91. The van der Waals surface area contributed by atoms with Crippen LogP contribution in [0, 0.1) is 0 Å². The summed E-state index contributed by atoms with van der Waals surface area (Å²) < 4.78 is 0.659. The molecule has 0 fully saturated rings. The average Bonchev–Trinajstić information content (AvgIpc) is 3.02. The zero-order valence-corrected chi connectivity index (χ0v) is 12.9. The molecule has 0 aromatic carbocycles. The van der Waals surface area contributed by atoms with Gasteiger partial charge in [-0.2, -0.15) is 0 Å². The van der Waals surface area contributed by atoms with Gasteiger partial charge in [0.1, 0.15) is 10.7 Å². The van der Waals surface area contributed by atoms with Crippen LogP contribution in [0.25, 0.3) is 21.3 Å². The van der Waals surface area contributed by atoms with E-state index in [4.69, 9.17) is 16.7 Å². The van der Waals surface area contributed by atoms with E-state index >= 15 is 0 Å². The van der Waals surface area contributed by atoms with Gasteiger partial charge >= 0.3 is 5.97 Å². The molecule has 0 spiro atoms. The Morgan fingerprint density at radius 2 is 2.19 bits per heavy atom. The molecule has 3 rings (SSSR count). The standard InChI is InChI=1S/C13H9ClN2O3S2/c14-8-3-6(4-20-8)7-5-21-13-11(7)12(19)15-9(16-13)1-2-10(17)18/h3-5H,1-2H2,(H,17,18)(H,15,16,19). The fourth-order valence-corrected chi connectivity index (χ4v) is 3.85. The molecule has 0 saturated heterocycles. The maximum Gasteiger partial charge on any atom is 0.303 e. The predicted molar refractivity (Wildman–Crippen MR) is 84.5 cm³/mol. The van der Waals surface area contributed by atoms with Crippen molar-refractivity contribution in [3.63, 3.8) is 0 Å². The first-order valence-corrected chi connectivity index (χ1v) is 8.15. The van der Waals surface area contributed by atoms with E-state index in [1.165, 1.54) is 22.7 Å². The van der Waals surface area contributed by atoms with E-state index in [0.29, 0.717) is 20.4 Å². The van der Waals surface area contributed by atoms with Gasteiger partial charge in [-0.25, -0.2) is 4.98 Å². The molecule has 0 aliphatic heterocycles. The van der Waals surface area contributed by atoms with Crippen LogP contribution in [0.15, 0.2) is 21.6 Å². The predicted octanol–water partition coefficient (Wildman–Crippen LogP) is 3.38. The summed E-state index contributed by atoms with van der Waals surface area (Å²) in [5, 5.41) is 13.0. The number of aryl methyl sites for hydroxylation is 1. The van der Waals surface area contributed by atoms with Gasteiger partial charge in [0.25, 0.3) is 5.56 Å². The van der Waals surface area contributed by atoms with Crippen LogP contribution in [-0.4, -0.2) is 21.0 Å². The second-order valence-electron chi connectivity index (χ2n) is 4.38. The highest BCUT2D eigenvalue weighted by molar-refractivity contribution is 7.17. The van der Waals surface area contributed by atoms with Gasteiger partial charge in [-0.3, -0.25) is 9.59 Å². The van der Waals surface area contributed by atoms with E-state index in [1.807, 2.05) is 16.8 Å². The van der Waals surface area contributed by atoms with Crippen molar-refractivity contribution in [2.24, 2.45) is 0 Å². The molecule has 0 aliphatic carbocycles. The van der Waals surface area contributed by atoms with E-state index in [-0.39, 0.29) is 18.4 Å². The molecule has 0 unspecified atom stereocenters. The minimum absolute atomic E-state index is 0.0627. The Kier molecular flexibility index (Phi) is 3.79. The van der Waals surface area contributed by atoms with E-state index < -0.39 is 5.97 Å². The van der Waals surface area contributed by atoms with Crippen molar-refractivity contribution < 1.29 is 9.90 Å². The molecule has 0 aliphatic rings. The number of aromatic amines is 1. The molecule has 3 heterocycles. The van der Waals surface area contributed by atoms with Crippen molar-refractivity contribution in [3.8, 4) is 11.1 Å². The maximum atomic E-state index is 12.2.